The molecule has 0 aromatic heterocycles. The average molecular weight is 482 g/mol. The lowest BCUT2D eigenvalue weighted by Crippen LogP contribution is -2.41. The van der Waals surface area contributed by atoms with Crippen LogP contribution in [0.3, 0.4) is 0 Å². The van der Waals surface area contributed by atoms with Crippen LogP contribution < -0.4 is 4.90 Å². The number of aryl methyl sites for hydroxylation is 2. The Morgan fingerprint density at radius 1 is 0.970 bits per heavy atom. The number of fused-ring (bicyclic) bond motifs is 1. The van der Waals surface area contributed by atoms with Crippen molar-refractivity contribution in [2.75, 3.05) is 4.90 Å². The molecule has 0 bridgehead atoms. The minimum Gasteiger partial charge on any atom is -0.375 e. The molecule has 3 aromatic carbocycles. The van der Waals surface area contributed by atoms with Gasteiger partial charge in [-0.1, -0.05) is 47.5 Å². The highest BCUT2D eigenvalue weighted by Crippen LogP contribution is 2.45. The molecule has 1 heterocycles. The first-order valence-corrected chi connectivity index (χ1v) is 11.5. The fourth-order valence-corrected chi connectivity index (χ4v) is 4.97. The summed E-state index contributed by atoms with van der Waals surface area (Å²) < 4.78 is 0. The Bertz CT molecular complexity index is 1270. The summed E-state index contributed by atoms with van der Waals surface area (Å²) in [6, 6.07) is 14.2. The molecule has 0 fully saturated rings. The maximum absolute atomic E-state index is 13.6. The summed E-state index contributed by atoms with van der Waals surface area (Å²) in [5.41, 5.74) is 3.84. The lowest BCUT2D eigenvalue weighted by atomic mass is 9.84. The van der Waals surface area contributed by atoms with E-state index in [1.54, 1.807) is 24.3 Å². The molecular formula is C27H25Cl2NO3. The van der Waals surface area contributed by atoms with E-state index in [-0.39, 0.29) is 18.7 Å². The first kappa shape index (κ1) is 23.5. The highest BCUT2D eigenvalue weighted by molar-refractivity contribution is 6.31. The number of aliphatic hydroxyl groups is 1. The van der Waals surface area contributed by atoms with Gasteiger partial charge in [-0.3, -0.25) is 9.59 Å². The molecule has 0 saturated heterocycles. The standard InChI is InChI=1S/C27H25Cl2NO3/c1-15-11-16(2)18(4)25(17(15)3)24(31)13-27(33)21-12-20(28)9-10-23(21)30(26(27)32)14-19-7-5-6-8-22(19)29/h5-12,33H,13-14H2,1-4H3/t27-/m1/s1. The highest BCUT2D eigenvalue weighted by atomic mass is 35.5. The second-order valence-corrected chi connectivity index (χ2v) is 9.58. The van der Waals surface area contributed by atoms with E-state index in [0.29, 0.717) is 26.9 Å². The van der Waals surface area contributed by atoms with Gasteiger partial charge < -0.3 is 10.0 Å². The zero-order chi connectivity index (χ0) is 24.1. The van der Waals surface area contributed by atoms with Crippen LogP contribution in [-0.4, -0.2) is 16.8 Å². The summed E-state index contributed by atoms with van der Waals surface area (Å²) in [4.78, 5) is 28.6. The summed E-state index contributed by atoms with van der Waals surface area (Å²) in [7, 11) is 0. The second-order valence-electron chi connectivity index (χ2n) is 8.74. The maximum Gasteiger partial charge on any atom is 0.264 e. The maximum atomic E-state index is 13.6. The van der Waals surface area contributed by atoms with Crippen molar-refractivity contribution in [3.8, 4) is 0 Å². The van der Waals surface area contributed by atoms with Gasteiger partial charge >= 0.3 is 0 Å². The van der Waals surface area contributed by atoms with Crippen molar-refractivity contribution in [3.05, 3.63) is 97.5 Å². The molecule has 170 valence electrons. The third-order valence-corrected chi connectivity index (χ3v) is 7.25. The van der Waals surface area contributed by atoms with Crippen molar-refractivity contribution in [1.29, 1.82) is 0 Å². The summed E-state index contributed by atoms with van der Waals surface area (Å²) >= 11 is 12.6. The Morgan fingerprint density at radius 3 is 2.24 bits per heavy atom. The second kappa shape index (κ2) is 8.60. The smallest absolute Gasteiger partial charge is 0.264 e. The summed E-state index contributed by atoms with van der Waals surface area (Å²) in [6.07, 6.45) is -0.372. The Morgan fingerprint density at radius 2 is 1.61 bits per heavy atom. The molecule has 0 radical (unpaired) electrons. The molecule has 1 atom stereocenters. The van der Waals surface area contributed by atoms with Gasteiger partial charge in [0.05, 0.1) is 18.7 Å². The van der Waals surface area contributed by atoms with Crippen molar-refractivity contribution in [1.82, 2.24) is 0 Å². The molecule has 0 unspecified atom stereocenters. The molecular weight excluding hydrogens is 457 g/mol. The number of hydrogen-bond acceptors (Lipinski definition) is 3. The third kappa shape index (κ3) is 3.97. The summed E-state index contributed by atoms with van der Waals surface area (Å²) in [5.74, 6) is -0.842. The van der Waals surface area contributed by atoms with E-state index in [1.807, 2.05) is 52.0 Å². The van der Waals surface area contributed by atoms with E-state index in [9.17, 15) is 14.7 Å². The highest BCUT2D eigenvalue weighted by Gasteiger charge is 2.51. The Balaban J connectivity index is 1.78. The largest absolute Gasteiger partial charge is 0.375 e. The molecule has 0 saturated carbocycles. The van der Waals surface area contributed by atoms with Crippen molar-refractivity contribution in [2.45, 2.75) is 46.3 Å². The van der Waals surface area contributed by atoms with Crippen molar-refractivity contribution in [3.63, 3.8) is 0 Å². The zero-order valence-corrected chi connectivity index (χ0v) is 20.5. The molecule has 33 heavy (non-hydrogen) atoms. The van der Waals surface area contributed by atoms with E-state index in [4.69, 9.17) is 23.2 Å². The minimum atomic E-state index is -2.02. The number of benzene rings is 3. The summed E-state index contributed by atoms with van der Waals surface area (Å²) in [6.45, 7) is 7.86. The summed E-state index contributed by atoms with van der Waals surface area (Å²) in [5, 5.41) is 12.6. The van der Waals surface area contributed by atoms with E-state index < -0.39 is 11.5 Å². The normalized spacial score (nSPS) is 17.4. The fourth-order valence-electron chi connectivity index (χ4n) is 4.60. The topological polar surface area (TPSA) is 57.6 Å². The first-order valence-electron chi connectivity index (χ1n) is 10.7. The molecule has 6 heteroatoms. The number of ketones is 1. The van der Waals surface area contributed by atoms with Gasteiger partial charge in [-0.05, 0) is 79.8 Å². The first-order chi connectivity index (χ1) is 15.5. The third-order valence-electron chi connectivity index (χ3n) is 6.64. The van der Waals surface area contributed by atoms with Gasteiger partial charge in [0, 0.05) is 21.2 Å². The number of halogens is 2. The van der Waals surface area contributed by atoms with E-state index in [1.165, 1.54) is 4.90 Å². The number of Topliss-reactive ketones (excluding diaryl/α,β-unsaturated/α-hetero) is 1. The quantitative estimate of drug-likeness (QED) is 0.439. The van der Waals surface area contributed by atoms with Gasteiger partial charge in [0.2, 0.25) is 0 Å². The van der Waals surface area contributed by atoms with Gasteiger partial charge in [0.25, 0.3) is 5.91 Å². The van der Waals surface area contributed by atoms with Gasteiger partial charge in [0.15, 0.2) is 11.4 Å². The van der Waals surface area contributed by atoms with Crippen LogP contribution in [0.5, 0.6) is 0 Å². The molecule has 1 N–H and O–H groups in total. The number of amides is 1. The zero-order valence-electron chi connectivity index (χ0n) is 19.0. The monoisotopic (exact) mass is 481 g/mol. The lowest BCUT2D eigenvalue weighted by molar-refractivity contribution is -0.136. The fraction of sp³-hybridized carbons (Fsp3) is 0.259. The van der Waals surface area contributed by atoms with E-state index in [2.05, 4.69) is 0 Å². The van der Waals surface area contributed by atoms with Crippen LogP contribution in [0.2, 0.25) is 10.0 Å². The van der Waals surface area contributed by atoms with Crippen LogP contribution in [-0.2, 0) is 16.9 Å². The molecule has 0 aliphatic carbocycles. The molecule has 1 aliphatic rings. The van der Waals surface area contributed by atoms with Crippen LogP contribution in [0.4, 0.5) is 5.69 Å². The van der Waals surface area contributed by atoms with Crippen LogP contribution in [0, 0.1) is 27.7 Å². The van der Waals surface area contributed by atoms with Gasteiger partial charge in [0.1, 0.15) is 0 Å². The number of carbonyl (C=O) groups excluding carboxylic acids is 2. The molecule has 4 rings (SSSR count). The number of rotatable bonds is 5. The van der Waals surface area contributed by atoms with E-state index >= 15 is 0 Å². The van der Waals surface area contributed by atoms with Crippen molar-refractivity contribution < 1.29 is 14.7 Å². The van der Waals surface area contributed by atoms with Crippen LogP contribution in [0.25, 0.3) is 0 Å². The predicted molar refractivity (Wildman–Crippen MR) is 132 cm³/mol. The molecule has 1 aliphatic heterocycles. The van der Waals surface area contributed by atoms with Crippen LogP contribution in [0.15, 0.2) is 48.5 Å². The molecule has 0 spiro atoms. The van der Waals surface area contributed by atoms with E-state index in [0.717, 1.165) is 27.8 Å². The van der Waals surface area contributed by atoms with Crippen LogP contribution >= 0.6 is 23.2 Å². The van der Waals surface area contributed by atoms with Gasteiger partial charge in [-0.25, -0.2) is 0 Å². The molecule has 1 amide bonds. The van der Waals surface area contributed by atoms with Gasteiger partial charge in [-0.2, -0.15) is 0 Å². The SMILES string of the molecule is Cc1cc(C)c(C)c(C(=O)C[C@]2(O)C(=O)N(Cc3ccccc3Cl)c3ccc(Cl)cc32)c1C. The number of anilines is 1. The Kier molecular flexibility index (Phi) is 6.12. The lowest BCUT2D eigenvalue weighted by Gasteiger charge is -2.24. The Hall–Kier alpha value is -2.66. The predicted octanol–water partition coefficient (Wildman–Crippen LogP) is 6.23. The number of hydrogen-bond donors (Lipinski definition) is 1. The Labute approximate surface area is 203 Å². The van der Waals surface area contributed by atoms with Crippen molar-refractivity contribution in [2.24, 2.45) is 0 Å². The van der Waals surface area contributed by atoms with Crippen molar-refractivity contribution >= 4 is 40.6 Å². The number of carbonyl (C=O) groups is 2. The molecule has 3 aromatic rings. The minimum absolute atomic E-state index is 0.172. The van der Waals surface area contributed by atoms with Gasteiger partial charge in [-0.15, -0.1) is 0 Å². The number of nitrogens with zero attached hydrogens (tertiary/aromatic N) is 1. The van der Waals surface area contributed by atoms with Crippen LogP contribution in [0.1, 0.15) is 50.2 Å². The molecule has 4 nitrogen and oxygen atoms in total. The average Bonchev–Trinajstić information content (AvgIpc) is 2.95.